The molecular formula is C18H20F2N4O2. The van der Waals surface area contributed by atoms with E-state index in [1.54, 1.807) is 25.1 Å². The molecule has 0 unspecified atom stereocenters. The van der Waals surface area contributed by atoms with Gasteiger partial charge in [-0.1, -0.05) is 18.9 Å². The van der Waals surface area contributed by atoms with Gasteiger partial charge in [-0.05, 0) is 43.5 Å². The third-order valence-corrected chi connectivity index (χ3v) is 4.63. The molecule has 0 radical (unpaired) electrons. The predicted molar refractivity (Wildman–Crippen MR) is 93.3 cm³/mol. The fourth-order valence-electron chi connectivity index (χ4n) is 3.08. The summed E-state index contributed by atoms with van der Waals surface area (Å²) in [6, 6.07) is 6.17. The van der Waals surface area contributed by atoms with Crippen LogP contribution in [-0.2, 0) is 4.79 Å². The lowest BCUT2D eigenvalue weighted by molar-refractivity contribution is -0.119. The normalized spacial score (nSPS) is 14.6. The van der Waals surface area contributed by atoms with Crippen molar-refractivity contribution in [2.45, 2.75) is 39.0 Å². The van der Waals surface area contributed by atoms with Crippen LogP contribution in [0, 0.1) is 12.8 Å². The molecule has 0 saturated heterocycles. The molecule has 1 aliphatic rings. The fourth-order valence-corrected chi connectivity index (χ4v) is 3.08. The van der Waals surface area contributed by atoms with E-state index in [9.17, 15) is 18.4 Å². The maximum atomic E-state index is 12.6. The number of rotatable bonds is 5. The van der Waals surface area contributed by atoms with E-state index in [0.717, 1.165) is 31.7 Å². The molecule has 0 spiro atoms. The highest BCUT2D eigenvalue weighted by Crippen LogP contribution is 2.28. The standard InChI is InChI=1S/C18H20F2N4O2/c1-10-12(21-17(25)11-5-2-3-6-11)7-4-8-13(10)22-18(26)15-9-14(16(19)20)23-24-15/h4,7-9,11,16H,2-3,5-6H2,1H3,(H,21,25)(H,22,26)(H,23,24). The second-order valence-electron chi connectivity index (χ2n) is 6.41. The molecule has 1 saturated carbocycles. The van der Waals surface area contributed by atoms with Crippen LogP contribution in [0.25, 0.3) is 0 Å². The number of nitrogens with one attached hydrogen (secondary N) is 3. The summed E-state index contributed by atoms with van der Waals surface area (Å²) in [7, 11) is 0. The van der Waals surface area contributed by atoms with Gasteiger partial charge in [0.15, 0.2) is 5.69 Å². The first-order valence-electron chi connectivity index (χ1n) is 8.51. The van der Waals surface area contributed by atoms with Crippen molar-refractivity contribution in [1.29, 1.82) is 0 Å². The first-order chi connectivity index (χ1) is 12.5. The van der Waals surface area contributed by atoms with Gasteiger partial charge in [-0.15, -0.1) is 0 Å². The number of H-pyrrole nitrogens is 1. The Kier molecular flexibility index (Phi) is 5.29. The monoisotopic (exact) mass is 362 g/mol. The van der Waals surface area contributed by atoms with Crippen LogP contribution in [0.4, 0.5) is 20.2 Å². The van der Waals surface area contributed by atoms with Crippen molar-refractivity contribution in [2.75, 3.05) is 10.6 Å². The minimum Gasteiger partial charge on any atom is -0.326 e. The zero-order valence-electron chi connectivity index (χ0n) is 14.3. The molecule has 0 atom stereocenters. The number of aromatic amines is 1. The van der Waals surface area contributed by atoms with Crippen LogP contribution >= 0.6 is 0 Å². The first-order valence-corrected chi connectivity index (χ1v) is 8.51. The predicted octanol–water partition coefficient (Wildman–Crippen LogP) is 4.04. The summed E-state index contributed by atoms with van der Waals surface area (Å²) < 4.78 is 25.2. The molecule has 1 fully saturated rings. The second kappa shape index (κ2) is 7.63. The Morgan fingerprint density at radius 2 is 1.85 bits per heavy atom. The lowest BCUT2D eigenvalue weighted by atomic mass is 10.1. The maximum absolute atomic E-state index is 12.6. The number of hydrogen-bond donors (Lipinski definition) is 3. The molecule has 2 amide bonds. The van der Waals surface area contributed by atoms with Crippen LogP contribution in [0.1, 0.15) is 53.9 Å². The van der Waals surface area contributed by atoms with E-state index in [1.807, 2.05) is 0 Å². The number of amides is 2. The van der Waals surface area contributed by atoms with E-state index in [4.69, 9.17) is 0 Å². The number of benzene rings is 1. The number of alkyl halides is 2. The molecule has 3 rings (SSSR count). The summed E-state index contributed by atoms with van der Waals surface area (Å²) in [6.07, 6.45) is 1.20. The highest BCUT2D eigenvalue weighted by Gasteiger charge is 2.23. The summed E-state index contributed by atoms with van der Waals surface area (Å²) >= 11 is 0. The first kappa shape index (κ1) is 18.0. The molecular weight excluding hydrogens is 342 g/mol. The molecule has 0 aliphatic heterocycles. The van der Waals surface area contributed by atoms with E-state index in [-0.39, 0.29) is 17.5 Å². The summed E-state index contributed by atoms with van der Waals surface area (Å²) in [5.41, 5.74) is 1.26. The van der Waals surface area contributed by atoms with Gasteiger partial charge in [0.1, 0.15) is 5.69 Å². The average Bonchev–Trinajstić information content (AvgIpc) is 3.29. The van der Waals surface area contributed by atoms with E-state index in [0.29, 0.717) is 16.9 Å². The molecule has 1 aromatic heterocycles. The summed E-state index contributed by atoms with van der Waals surface area (Å²) in [5.74, 6) is -0.581. The van der Waals surface area contributed by atoms with E-state index >= 15 is 0 Å². The maximum Gasteiger partial charge on any atom is 0.279 e. The Balaban J connectivity index is 1.71. The molecule has 1 aliphatic carbocycles. The molecule has 2 aromatic rings. The average molecular weight is 362 g/mol. The zero-order chi connectivity index (χ0) is 18.7. The molecule has 6 nitrogen and oxygen atoms in total. The quantitative estimate of drug-likeness (QED) is 0.750. The molecule has 1 aromatic carbocycles. The number of aromatic nitrogens is 2. The lowest BCUT2D eigenvalue weighted by Gasteiger charge is -2.15. The molecule has 0 bridgehead atoms. The summed E-state index contributed by atoms with van der Waals surface area (Å²) in [6.45, 7) is 1.77. The van der Waals surface area contributed by atoms with Crippen LogP contribution in [0.2, 0.25) is 0 Å². The Hall–Kier alpha value is -2.77. The van der Waals surface area contributed by atoms with Gasteiger partial charge >= 0.3 is 0 Å². The minimum atomic E-state index is -2.72. The van der Waals surface area contributed by atoms with Gasteiger partial charge in [0.2, 0.25) is 5.91 Å². The zero-order valence-corrected chi connectivity index (χ0v) is 14.3. The third kappa shape index (κ3) is 3.89. The number of carbonyl (C=O) groups is 2. The lowest BCUT2D eigenvalue weighted by Crippen LogP contribution is -2.21. The number of hydrogen-bond acceptors (Lipinski definition) is 3. The van der Waals surface area contributed by atoms with Gasteiger partial charge in [0.25, 0.3) is 12.3 Å². The van der Waals surface area contributed by atoms with Crippen LogP contribution in [0.15, 0.2) is 24.3 Å². The van der Waals surface area contributed by atoms with Gasteiger partial charge in [-0.25, -0.2) is 8.78 Å². The number of carbonyl (C=O) groups excluding carboxylic acids is 2. The van der Waals surface area contributed by atoms with Crippen molar-refractivity contribution in [3.63, 3.8) is 0 Å². The van der Waals surface area contributed by atoms with Crippen molar-refractivity contribution in [3.8, 4) is 0 Å². The highest BCUT2D eigenvalue weighted by atomic mass is 19.3. The van der Waals surface area contributed by atoms with Crippen LogP contribution < -0.4 is 10.6 Å². The summed E-state index contributed by atoms with van der Waals surface area (Å²) in [5, 5.41) is 11.3. The van der Waals surface area contributed by atoms with E-state index < -0.39 is 18.0 Å². The fraction of sp³-hybridized carbons (Fsp3) is 0.389. The van der Waals surface area contributed by atoms with Crippen molar-refractivity contribution in [2.24, 2.45) is 5.92 Å². The van der Waals surface area contributed by atoms with E-state index in [1.165, 1.54) is 0 Å². The largest absolute Gasteiger partial charge is 0.326 e. The third-order valence-electron chi connectivity index (χ3n) is 4.63. The topological polar surface area (TPSA) is 86.9 Å². The van der Waals surface area contributed by atoms with Crippen molar-refractivity contribution >= 4 is 23.2 Å². The van der Waals surface area contributed by atoms with Crippen molar-refractivity contribution in [1.82, 2.24) is 10.2 Å². The number of nitrogens with zero attached hydrogens (tertiary/aromatic N) is 1. The van der Waals surface area contributed by atoms with Crippen LogP contribution in [-0.4, -0.2) is 22.0 Å². The molecule has 26 heavy (non-hydrogen) atoms. The number of halogens is 2. The van der Waals surface area contributed by atoms with E-state index in [2.05, 4.69) is 20.8 Å². The highest BCUT2D eigenvalue weighted by molar-refractivity contribution is 6.04. The van der Waals surface area contributed by atoms with Gasteiger partial charge in [0.05, 0.1) is 0 Å². The van der Waals surface area contributed by atoms with Gasteiger partial charge in [-0.2, -0.15) is 5.10 Å². The SMILES string of the molecule is Cc1c(NC(=O)c2cc(C(F)F)[nH]n2)cccc1NC(=O)C1CCCC1. The molecule has 8 heteroatoms. The van der Waals surface area contributed by atoms with Gasteiger partial charge in [-0.3, -0.25) is 14.7 Å². The Bertz CT molecular complexity index is 813. The second-order valence-corrected chi connectivity index (χ2v) is 6.41. The molecule has 1 heterocycles. The van der Waals surface area contributed by atoms with Crippen molar-refractivity contribution in [3.05, 3.63) is 41.2 Å². The van der Waals surface area contributed by atoms with Gasteiger partial charge < -0.3 is 10.6 Å². The smallest absolute Gasteiger partial charge is 0.279 e. The van der Waals surface area contributed by atoms with Gasteiger partial charge in [0, 0.05) is 17.3 Å². The Morgan fingerprint density at radius 1 is 1.19 bits per heavy atom. The minimum absolute atomic E-state index is 0.0112. The van der Waals surface area contributed by atoms with Crippen molar-refractivity contribution < 1.29 is 18.4 Å². The van der Waals surface area contributed by atoms with Crippen LogP contribution in [0.3, 0.4) is 0 Å². The van der Waals surface area contributed by atoms with Crippen LogP contribution in [0.5, 0.6) is 0 Å². The summed E-state index contributed by atoms with van der Waals surface area (Å²) in [4.78, 5) is 24.5. The molecule has 3 N–H and O–H groups in total. The number of anilines is 2. The Labute approximate surface area is 149 Å². The Morgan fingerprint density at radius 3 is 2.46 bits per heavy atom. The molecule has 138 valence electrons.